The average Bonchev–Trinajstić information content (AvgIpc) is 2.92. The highest BCUT2D eigenvalue weighted by Crippen LogP contribution is 2.41. The van der Waals surface area contributed by atoms with Crippen molar-refractivity contribution in [1.82, 2.24) is 0 Å². The number of esters is 2. The van der Waals surface area contributed by atoms with Crippen LogP contribution in [0.4, 0.5) is 0 Å². The number of rotatable bonds is 16. The fourth-order valence-corrected chi connectivity index (χ4v) is 5.69. The largest absolute Gasteiger partial charge is 0.462 e. The maximum absolute atomic E-state index is 12.1. The van der Waals surface area contributed by atoms with Crippen LogP contribution in [0.2, 0.25) is 0 Å². The second-order valence-corrected chi connectivity index (χ2v) is 11.6. The summed E-state index contributed by atoms with van der Waals surface area (Å²) in [5.41, 5.74) is -0.0603. The molecule has 2 N–H and O–H groups in total. The summed E-state index contributed by atoms with van der Waals surface area (Å²) in [5.74, 6) is 0.826. The molecule has 7 nitrogen and oxygen atoms in total. The smallest absolute Gasteiger partial charge is 0.336 e. The third-order valence-electron chi connectivity index (χ3n) is 8.49. The summed E-state index contributed by atoms with van der Waals surface area (Å²) in [4.78, 5) is 24.3. The van der Waals surface area contributed by atoms with Crippen LogP contribution in [0, 0.1) is 23.7 Å². The van der Waals surface area contributed by atoms with Gasteiger partial charge in [0.1, 0.15) is 0 Å². The van der Waals surface area contributed by atoms with Gasteiger partial charge in [0.15, 0.2) is 0 Å². The summed E-state index contributed by atoms with van der Waals surface area (Å²) in [6.45, 7) is 12.5. The molecule has 0 bridgehead atoms. The molecule has 2 unspecified atom stereocenters. The first-order chi connectivity index (χ1) is 18.1. The van der Waals surface area contributed by atoms with Crippen LogP contribution in [0.3, 0.4) is 0 Å². The van der Waals surface area contributed by atoms with Gasteiger partial charge in [-0.15, -0.1) is 0 Å². The number of unbranched alkanes of at least 4 members (excludes halogenated alkanes) is 2. The van der Waals surface area contributed by atoms with E-state index in [9.17, 15) is 19.8 Å². The highest BCUT2D eigenvalue weighted by molar-refractivity contribution is 5.89. The van der Waals surface area contributed by atoms with Gasteiger partial charge in [-0.2, -0.15) is 0 Å². The van der Waals surface area contributed by atoms with E-state index in [4.69, 9.17) is 14.2 Å². The Bertz CT molecular complexity index is 707. The van der Waals surface area contributed by atoms with E-state index in [1.54, 1.807) is 0 Å². The molecule has 0 aliphatic heterocycles. The van der Waals surface area contributed by atoms with Crippen LogP contribution in [-0.4, -0.2) is 60.3 Å². The van der Waals surface area contributed by atoms with Gasteiger partial charge in [0.25, 0.3) is 0 Å². The molecule has 0 radical (unpaired) electrons. The van der Waals surface area contributed by atoms with Gasteiger partial charge in [-0.05, 0) is 70.1 Å². The fourth-order valence-electron chi connectivity index (χ4n) is 5.69. The zero-order valence-electron chi connectivity index (χ0n) is 24.0. The van der Waals surface area contributed by atoms with Crippen molar-refractivity contribution in [3.05, 3.63) is 24.3 Å². The Morgan fingerprint density at radius 3 is 1.68 bits per heavy atom. The Balaban J connectivity index is 1.78. The van der Waals surface area contributed by atoms with Crippen molar-refractivity contribution < 1.29 is 34.0 Å². The third-order valence-corrected chi connectivity index (χ3v) is 8.49. The number of aliphatic hydroxyl groups is 2. The Hall–Kier alpha value is -1.70. The molecule has 2 fully saturated rings. The first-order valence-corrected chi connectivity index (χ1v) is 14.8. The van der Waals surface area contributed by atoms with Crippen molar-refractivity contribution in [2.75, 3.05) is 19.8 Å². The Morgan fingerprint density at radius 1 is 0.763 bits per heavy atom. The van der Waals surface area contributed by atoms with E-state index in [0.29, 0.717) is 0 Å². The monoisotopic (exact) mass is 536 g/mol. The quantitative estimate of drug-likeness (QED) is 0.152. The molecule has 0 aromatic heterocycles. The van der Waals surface area contributed by atoms with Gasteiger partial charge in [-0.3, -0.25) is 0 Å². The molecule has 218 valence electrons. The molecule has 2 saturated carbocycles. The number of ether oxygens (including phenoxy) is 3. The molecule has 0 amide bonds. The molecule has 2 rings (SSSR count). The van der Waals surface area contributed by atoms with Crippen molar-refractivity contribution >= 4 is 11.9 Å². The Morgan fingerprint density at radius 2 is 1.24 bits per heavy atom. The van der Waals surface area contributed by atoms with Crippen LogP contribution in [0.1, 0.15) is 97.8 Å². The molecule has 0 aromatic rings. The SMILES string of the molecule is C=C(C(=O)OCC(COC(=O)C(=C)C(C)O)COC1CCC(C2CCC(CCCCC)CC2)CC1)C(C)O. The van der Waals surface area contributed by atoms with E-state index in [2.05, 4.69) is 20.1 Å². The summed E-state index contributed by atoms with van der Waals surface area (Å²) < 4.78 is 16.8. The minimum atomic E-state index is -1.00. The van der Waals surface area contributed by atoms with Gasteiger partial charge in [-0.25, -0.2) is 9.59 Å². The first kappa shape index (κ1) is 32.5. The van der Waals surface area contributed by atoms with E-state index >= 15 is 0 Å². The highest BCUT2D eigenvalue weighted by atomic mass is 16.6. The number of hydrogen-bond donors (Lipinski definition) is 2. The summed E-state index contributed by atoms with van der Waals surface area (Å²) in [5, 5.41) is 19.1. The van der Waals surface area contributed by atoms with Crippen LogP contribution in [0.15, 0.2) is 24.3 Å². The lowest BCUT2D eigenvalue weighted by Gasteiger charge is -2.38. The lowest BCUT2D eigenvalue weighted by Crippen LogP contribution is -2.32. The van der Waals surface area contributed by atoms with Gasteiger partial charge in [0.05, 0.1) is 55.2 Å². The predicted octanol–water partition coefficient (Wildman–Crippen LogP) is 5.53. The molecule has 2 aliphatic carbocycles. The van der Waals surface area contributed by atoms with Crippen molar-refractivity contribution in [3.63, 3.8) is 0 Å². The highest BCUT2D eigenvalue weighted by Gasteiger charge is 2.31. The number of carbonyl (C=O) groups excluding carboxylic acids is 2. The standard InChI is InChI=1S/C31H52O7/c1-6-7-8-9-25-10-12-27(13-11-25)28-14-16-29(17-15-28)36-18-26(19-37-30(34)21(2)23(4)32)20-38-31(35)22(3)24(5)33/h23-29,32-33H,2-3,6-20H2,1,4-5H3. The van der Waals surface area contributed by atoms with E-state index < -0.39 is 24.1 Å². The normalized spacial score (nSPS) is 26.1. The van der Waals surface area contributed by atoms with Gasteiger partial charge in [0.2, 0.25) is 0 Å². The number of hydrogen-bond acceptors (Lipinski definition) is 7. The Labute approximate surface area is 230 Å². The average molecular weight is 537 g/mol. The molecular formula is C31H52O7. The predicted molar refractivity (Wildman–Crippen MR) is 148 cm³/mol. The molecule has 38 heavy (non-hydrogen) atoms. The van der Waals surface area contributed by atoms with Gasteiger partial charge < -0.3 is 24.4 Å². The molecule has 7 heteroatoms. The van der Waals surface area contributed by atoms with E-state index in [0.717, 1.165) is 30.6 Å². The fraction of sp³-hybridized carbons (Fsp3) is 0.806. The van der Waals surface area contributed by atoms with Crippen molar-refractivity contribution in [2.45, 2.75) is 116 Å². The molecule has 0 aromatic carbocycles. The van der Waals surface area contributed by atoms with Crippen LogP contribution < -0.4 is 0 Å². The lowest BCUT2D eigenvalue weighted by atomic mass is 9.70. The third kappa shape index (κ3) is 11.2. The molecule has 2 aliphatic rings. The zero-order chi connectivity index (χ0) is 28.1. The summed E-state index contributed by atoms with van der Waals surface area (Å²) in [7, 11) is 0. The van der Waals surface area contributed by atoms with Crippen LogP contribution in [0.25, 0.3) is 0 Å². The molecule has 0 spiro atoms. The van der Waals surface area contributed by atoms with E-state index in [1.165, 1.54) is 78.1 Å². The van der Waals surface area contributed by atoms with Crippen LogP contribution in [-0.2, 0) is 23.8 Å². The lowest BCUT2D eigenvalue weighted by molar-refractivity contribution is -0.147. The summed E-state index contributed by atoms with van der Waals surface area (Å²) in [6.07, 6.45) is 13.6. The maximum atomic E-state index is 12.1. The van der Waals surface area contributed by atoms with Gasteiger partial charge in [-0.1, -0.05) is 58.6 Å². The molecule has 0 saturated heterocycles. The number of carbonyl (C=O) groups is 2. The minimum Gasteiger partial charge on any atom is -0.462 e. The number of aliphatic hydroxyl groups excluding tert-OH is 2. The maximum Gasteiger partial charge on any atom is 0.336 e. The Kier molecular flexibility index (Phi) is 14.6. The molecular weight excluding hydrogens is 484 g/mol. The molecule has 2 atom stereocenters. The second-order valence-electron chi connectivity index (χ2n) is 11.6. The summed E-state index contributed by atoms with van der Waals surface area (Å²) in [6, 6.07) is 0. The molecule has 0 heterocycles. The second kappa shape index (κ2) is 17.1. The van der Waals surface area contributed by atoms with Crippen molar-refractivity contribution in [1.29, 1.82) is 0 Å². The van der Waals surface area contributed by atoms with E-state index in [-0.39, 0.29) is 43.0 Å². The van der Waals surface area contributed by atoms with Crippen molar-refractivity contribution in [2.24, 2.45) is 23.7 Å². The van der Waals surface area contributed by atoms with E-state index in [1.807, 2.05) is 0 Å². The van der Waals surface area contributed by atoms with Gasteiger partial charge in [0, 0.05) is 0 Å². The van der Waals surface area contributed by atoms with Crippen LogP contribution in [0.5, 0.6) is 0 Å². The van der Waals surface area contributed by atoms with Crippen LogP contribution >= 0.6 is 0 Å². The zero-order valence-corrected chi connectivity index (χ0v) is 24.0. The van der Waals surface area contributed by atoms with Gasteiger partial charge >= 0.3 is 11.9 Å². The minimum absolute atomic E-state index is 0.0301. The first-order valence-electron chi connectivity index (χ1n) is 14.8. The summed E-state index contributed by atoms with van der Waals surface area (Å²) >= 11 is 0. The topological polar surface area (TPSA) is 102 Å². The van der Waals surface area contributed by atoms with Crippen molar-refractivity contribution in [3.8, 4) is 0 Å².